The number of amides is 2. The molecule has 1 aliphatic heterocycles. The van der Waals surface area contributed by atoms with Crippen LogP contribution in [0.3, 0.4) is 0 Å². The first-order valence-corrected chi connectivity index (χ1v) is 10.2. The number of benzene rings is 2. The van der Waals surface area contributed by atoms with Gasteiger partial charge in [0.05, 0.1) is 11.4 Å². The zero-order chi connectivity index (χ0) is 21.2. The van der Waals surface area contributed by atoms with Crippen LogP contribution in [0.25, 0.3) is 0 Å². The molecule has 29 heavy (non-hydrogen) atoms. The summed E-state index contributed by atoms with van der Waals surface area (Å²) in [6.45, 7) is 0. The standard InChI is InChI=1S/C18H18FN5O4S/c19-12-4-6-14(7-5-12)24-16(17(20)25)9-15(23-24)18(26)22-13-3-1-2-11(8-13)10-29(21,27)28/h1-8,16H,9-10H2,(H2,20,25)(H,22,26)(H2,21,27,28). The van der Waals surface area contributed by atoms with Gasteiger partial charge in [-0.25, -0.2) is 17.9 Å². The first-order valence-electron chi connectivity index (χ1n) is 8.45. The maximum atomic E-state index is 13.2. The molecule has 152 valence electrons. The third-order valence-electron chi connectivity index (χ3n) is 4.14. The fourth-order valence-electron chi connectivity index (χ4n) is 2.88. The minimum atomic E-state index is -3.72. The number of hydrazone groups is 1. The van der Waals surface area contributed by atoms with Crippen LogP contribution in [0.5, 0.6) is 0 Å². The number of halogens is 1. The maximum absolute atomic E-state index is 13.2. The van der Waals surface area contributed by atoms with Crippen molar-refractivity contribution in [2.45, 2.75) is 18.2 Å². The van der Waals surface area contributed by atoms with Crippen molar-refractivity contribution >= 4 is 38.9 Å². The van der Waals surface area contributed by atoms with Gasteiger partial charge in [-0.3, -0.25) is 14.6 Å². The lowest BCUT2D eigenvalue weighted by Crippen LogP contribution is -2.39. The number of nitrogens with two attached hydrogens (primary N) is 2. The monoisotopic (exact) mass is 419 g/mol. The van der Waals surface area contributed by atoms with Gasteiger partial charge < -0.3 is 11.1 Å². The highest BCUT2D eigenvalue weighted by Gasteiger charge is 2.35. The van der Waals surface area contributed by atoms with Crippen LogP contribution >= 0.6 is 0 Å². The Morgan fingerprint density at radius 1 is 1.21 bits per heavy atom. The van der Waals surface area contributed by atoms with Crippen LogP contribution in [-0.4, -0.2) is 32.0 Å². The summed E-state index contributed by atoms with van der Waals surface area (Å²) >= 11 is 0. The summed E-state index contributed by atoms with van der Waals surface area (Å²) in [6, 6.07) is 10.5. The quantitative estimate of drug-likeness (QED) is 0.629. The number of hydrogen-bond acceptors (Lipinski definition) is 6. The molecule has 2 aromatic carbocycles. The van der Waals surface area contributed by atoms with Gasteiger partial charge in [-0.2, -0.15) is 5.10 Å². The van der Waals surface area contributed by atoms with Gasteiger partial charge in [0, 0.05) is 12.1 Å². The second-order valence-corrected chi connectivity index (χ2v) is 8.07. The van der Waals surface area contributed by atoms with E-state index in [1.54, 1.807) is 18.2 Å². The van der Waals surface area contributed by atoms with Gasteiger partial charge in [-0.15, -0.1) is 0 Å². The number of carbonyl (C=O) groups excluding carboxylic acids is 2. The number of primary sulfonamides is 1. The van der Waals surface area contributed by atoms with E-state index in [9.17, 15) is 22.4 Å². The van der Waals surface area contributed by atoms with Gasteiger partial charge in [-0.1, -0.05) is 12.1 Å². The predicted molar refractivity (Wildman–Crippen MR) is 106 cm³/mol. The van der Waals surface area contributed by atoms with Gasteiger partial charge in [-0.05, 0) is 42.0 Å². The maximum Gasteiger partial charge on any atom is 0.271 e. The van der Waals surface area contributed by atoms with Gasteiger partial charge in [0.2, 0.25) is 15.9 Å². The average molecular weight is 419 g/mol. The van der Waals surface area contributed by atoms with E-state index in [0.29, 0.717) is 16.9 Å². The Kier molecular flexibility index (Phi) is 5.62. The zero-order valence-electron chi connectivity index (χ0n) is 15.1. The molecule has 3 rings (SSSR count). The second kappa shape index (κ2) is 7.97. The summed E-state index contributed by atoms with van der Waals surface area (Å²) in [5, 5.41) is 13.1. The van der Waals surface area contributed by atoms with Crippen molar-refractivity contribution in [2.75, 3.05) is 10.3 Å². The molecule has 0 aromatic heterocycles. The Morgan fingerprint density at radius 3 is 2.52 bits per heavy atom. The molecule has 1 unspecified atom stereocenters. The van der Waals surface area contributed by atoms with Crippen LogP contribution in [0.2, 0.25) is 0 Å². The molecular weight excluding hydrogens is 401 g/mol. The molecule has 2 amide bonds. The van der Waals surface area contributed by atoms with Crippen molar-refractivity contribution in [1.29, 1.82) is 0 Å². The molecule has 2 aromatic rings. The molecule has 0 saturated heterocycles. The van der Waals surface area contributed by atoms with E-state index in [1.165, 1.54) is 35.3 Å². The summed E-state index contributed by atoms with van der Waals surface area (Å²) in [6.07, 6.45) is -0.0323. The molecule has 11 heteroatoms. The topological polar surface area (TPSA) is 148 Å². The number of hydrogen-bond donors (Lipinski definition) is 3. The fraction of sp³-hybridized carbons (Fsp3) is 0.167. The number of nitrogens with zero attached hydrogens (tertiary/aromatic N) is 2. The minimum Gasteiger partial charge on any atom is -0.368 e. The van der Waals surface area contributed by atoms with Crippen LogP contribution in [0.1, 0.15) is 12.0 Å². The smallest absolute Gasteiger partial charge is 0.271 e. The lowest BCUT2D eigenvalue weighted by atomic mass is 10.1. The van der Waals surface area contributed by atoms with Crippen LogP contribution in [0.4, 0.5) is 15.8 Å². The Hall–Kier alpha value is -3.31. The van der Waals surface area contributed by atoms with Crippen LogP contribution in [0, 0.1) is 5.82 Å². The summed E-state index contributed by atoms with van der Waals surface area (Å²) in [7, 11) is -3.72. The molecule has 1 heterocycles. The van der Waals surface area contributed by atoms with Gasteiger partial charge in [0.1, 0.15) is 17.6 Å². The number of anilines is 2. The summed E-state index contributed by atoms with van der Waals surface area (Å²) in [5.41, 5.74) is 6.63. The van der Waals surface area contributed by atoms with E-state index in [0.717, 1.165) is 0 Å². The third kappa shape index (κ3) is 5.15. The number of primary amides is 1. The number of carbonyl (C=O) groups is 2. The second-order valence-electron chi connectivity index (χ2n) is 6.45. The summed E-state index contributed by atoms with van der Waals surface area (Å²) in [5.74, 6) is -2.09. The van der Waals surface area contributed by atoms with E-state index >= 15 is 0 Å². The minimum absolute atomic E-state index is 0.0323. The van der Waals surface area contributed by atoms with E-state index in [4.69, 9.17) is 10.9 Å². The number of nitrogens with one attached hydrogen (secondary N) is 1. The molecule has 0 aliphatic carbocycles. The Bertz CT molecular complexity index is 1090. The van der Waals surface area contributed by atoms with Gasteiger partial charge in [0.25, 0.3) is 5.91 Å². The highest BCUT2D eigenvalue weighted by atomic mass is 32.2. The Morgan fingerprint density at radius 2 is 1.90 bits per heavy atom. The van der Waals surface area contributed by atoms with Gasteiger partial charge >= 0.3 is 0 Å². The lowest BCUT2D eigenvalue weighted by molar-refractivity contribution is -0.119. The average Bonchev–Trinajstić information content (AvgIpc) is 3.07. The van der Waals surface area contributed by atoms with E-state index < -0.39 is 33.7 Å². The normalized spacial score (nSPS) is 16.4. The Labute approximate surface area is 166 Å². The highest BCUT2D eigenvalue weighted by molar-refractivity contribution is 7.88. The predicted octanol–water partition coefficient (Wildman–Crippen LogP) is 0.673. The van der Waals surface area contributed by atoms with Crippen molar-refractivity contribution in [3.8, 4) is 0 Å². The molecular formula is C18H18FN5O4S. The molecule has 1 atom stereocenters. The van der Waals surface area contributed by atoms with E-state index in [-0.39, 0.29) is 17.9 Å². The molecule has 0 radical (unpaired) electrons. The van der Waals surface area contributed by atoms with Crippen molar-refractivity contribution in [1.82, 2.24) is 0 Å². The molecule has 9 nitrogen and oxygen atoms in total. The lowest BCUT2D eigenvalue weighted by Gasteiger charge is -2.20. The van der Waals surface area contributed by atoms with Crippen molar-refractivity contribution in [3.63, 3.8) is 0 Å². The third-order valence-corrected chi connectivity index (χ3v) is 4.88. The zero-order valence-corrected chi connectivity index (χ0v) is 15.9. The van der Waals surface area contributed by atoms with Crippen molar-refractivity contribution in [3.05, 3.63) is 59.9 Å². The summed E-state index contributed by atoms with van der Waals surface area (Å²) < 4.78 is 35.6. The number of rotatable bonds is 6. The SMILES string of the molecule is NC(=O)C1CC(C(=O)Nc2cccc(CS(N)(=O)=O)c2)=NN1c1ccc(F)cc1. The highest BCUT2D eigenvalue weighted by Crippen LogP contribution is 2.25. The molecule has 1 aliphatic rings. The van der Waals surface area contributed by atoms with Gasteiger partial charge in [0.15, 0.2) is 0 Å². The molecule has 5 N–H and O–H groups in total. The largest absolute Gasteiger partial charge is 0.368 e. The molecule has 0 saturated carbocycles. The van der Waals surface area contributed by atoms with Crippen molar-refractivity contribution < 1.29 is 22.4 Å². The molecule has 0 bridgehead atoms. The first-order chi connectivity index (χ1) is 13.6. The fourth-order valence-corrected chi connectivity index (χ4v) is 3.52. The first kappa shape index (κ1) is 20.4. The molecule has 0 fully saturated rings. The van der Waals surface area contributed by atoms with Crippen LogP contribution in [-0.2, 0) is 25.4 Å². The van der Waals surface area contributed by atoms with Crippen LogP contribution in [0.15, 0.2) is 53.6 Å². The van der Waals surface area contributed by atoms with E-state index in [1.807, 2.05) is 0 Å². The molecule has 0 spiro atoms. The Balaban J connectivity index is 1.80. The number of sulfonamides is 1. The summed E-state index contributed by atoms with van der Waals surface area (Å²) in [4.78, 5) is 24.4. The van der Waals surface area contributed by atoms with Crippen molar-refractivity contribution in [2.24, 2.45) is 16.0 Å². The van der Waals surface area contributed by atoms with E-state index in [2.05, 4.69) is 10.4 Å². The van der Waals surface area contributed by atoms with Crippen LogP contribution < -0.4 is 21.2 Å².